The molecular weight excluding hydrogens is 548 g/mol. The molecule has 0 amide bonds. The molecule has 5 aliphatic rings. The maximum absolute atomic E-state index is 11.3. The Morgan fingerprint density at radius 1 is 0.756 bits per heavy atom. The molecule has 4 saturated heterocycles. The zero-order chi connectivity index (χ0) is 29.6. The first kappa shape index (κ1) is 31.7. The molecule has 15 N–H and O–H groups in total. The molecular formula is C24H46N6O11. The highest BCUT2D eigenvalue weighted by Gasteiger charge is 2.54. The molecule has 1 saturated carbocycles. The van der Waals surface area contributed by atoms with Gasteiger partial charge in [0.2, 0.25) is 0 Å². The van der Waals surface area contributed by atoms with Crippen molar-refractivity contribution >= 4 is 0 Å². The van der Waals surface area contributed by atoms with Crippen molar-refractivity contribution in [2.24, 2.45) is 17.2 Å². The van der Waals surface area contributed by atoms with Crippen LogP contribution in [0.1, 0.15) is 12.8 Å². The molecule has 17 atom stereocenters. The first-order valence-electron chi connectivity index (χ1n) is 14.2. The van der Waals surface area contributed by atoms with Crippen LogP contribution >= 0.6 is 0 Å². The van der Waals surface area contributed by atoms with E-state index in [2.05, 4.69) is 16.0 Å². The number of hydrogen-bond donors (Lipinski definition) is 12. The second kappa shape index (κ2) is 13.1. The highest BCUT2D eigenvalue weighted by molar-refractivity contribution is 5.02. The molecule has 1 aliphatic carbocycles. The third-order valence-electron chi connectivity index (χ3n) is 8.90. The number of aliphatic hydroxyl groups is 6. The predicted molar refractivity (Wildman–Crippen MR) is 139 cm³/mol. The zero-order valence-corrected chi connectivity index (χ0v) is 22.9. The number of nitrogens with two attached hydrogens (primary N) is 3. The average Bonchev–Trinajstić information content (AvgIpc) is 2.91. The second-order valence-electron chi connectivity index (χ2n) is 11.8. The van der Waals surface area contributed by atoms with E-state index >= 15 is 0 Å². The first-order chi connectivity index (χ1) is 19.5. The van der Waals surface area contributed by atoms with E-state index in [1.807, 2.05) is 0 Å². The molecule has 4 heterocycles. The van der Waals surface area contributed by atoms with E-state index in [-0.39, 0.29) is 18.9 Å². The van der Waals surface area contributed by atoms with Gasteiger partial charge in [0.05, 0.1) is 36.9 Å². The van der Waals surface area contributed by atoms with Crippen molar-refractivity contribution in [1.82, 2.24) is 16.0 Å². The Hall–Kier alpha value is -0.680. The highest BCUT2D eigenvalue weighted by atomic mass is 16.8. The van der Waals surface area contributed by atoms with Crippen LogP contribution in [0.2, 0.25) is 0 Å². The molecule has 0 aromatic heterocycles. The van der Waals surface area contributed by atoms with Gasteiger partial charge >= 0.3 is 0 Å². The van der Waals surface area contributed by atoms with Crippen molar-refractivity contribution in [3.63, 3.8) is 0 Å². The van der Waals surface area contributed by atoms with E-state index in [1.54, 1.807) is 7.05 Å². The molecule has 238 valence electrons. The lowest BCUT2D eigenvalue weighted by molar-refractivity contribution is -0.374. The fraction of sp³-hybridized carbons (Fsp3) is 1.00. The Morgan fingerprint density at radius 2 is 1.49 bits per heavy atom. The fourth-order valence-electron chi connectivity index (χ4n) is 6.31. The van der Waals surface area contributed by atoms with E-state index in [0.29, 0.717) is 13.1 Å². The smallest absolute Gasteiger partial charge is 0.189 e. The largest absolute Gasteiger partial charge is 0.394 e. The van der Waals surface area contributed by atoms with Crippen LogP contribution in [0.15, 0.2) is 0 Å². The van der Waals surface area contributed by atoms with Crippen molar-refractivity contribution in [3.05, 3.63) is 0 Å². The number of nitrogens with one attached hydrogen (secondary N) is 3. The van der Waals surface area contributed by atoms with Gasteiger partial charge in [-0.15, -0.1) is 0 Å². The summed E-state index contributed by atoms with van der Waals surface area (Å²) in [5, 5.41) is 72.8. The van der Waals surface area contributed by atoms with Crippen LogP contribution in [-0.4, -0.2) is 167 Å². The van der Waals surface area contributed by atoms with E-state index in [9.17, 15) is 30.6 Å². The van der Waals surface area contributed by atoms with Gasteiger partial charge in [-0.2, -0.15) is 0 Å². The Bertz CT molecular complexity index is 861. The number of likely N-dealkylation sites (N-methyl/N-ethyl adjacent to an activating group) is 1. The van der Waals surface area contributed by atoms with E-state index in [4.69, 9.17) is 40.9 Å². The van der Waals surface area contributed by atoms with E-state index < -0.39 is 111 Å². The first-order valence-corrected chi connectivity index (χ1v) is 14.2. The summed E-state index contributed by atoms with van der Waals surface area (Å²) in [6, 6.07) is -3.65. The topological polar surface area (TPSA) is 282 Å². The Morgan fingerprint density at radius 3 is 2.12 bits per heavy atom. The predicted octanol–water partition coefficient (Wildman–Crippen LogP) is -7.35. The molecule has 17 nitrogen and oxygen atoms in total. The summed E-state index contributed by atoms with van der Waals surface area (Å²) in [7, 11) is 1.58. The van der Waals surface area contributed by atoms with Gasteiger partial charge in [0.1, 0.15) is 42.7 Å². The molecule has 0 aromatic carbocycles. The van der Waals surface area contributed by atoms with Gasteiger partial charge in [-0.25, -0.2) is 0 Å². The van der Waals surface area contributed by atoms with E-state index in [0.717, 1.165) is 0 Å². The van der Waals surface area contributed by atoms with Crippen LogP contribution in [0.5, 0.6) is 0 Å². The number of ether oxygens (including phenoxy) is 5. The van der Waals surface area contributed by atoms with Gasteiger partial charge in [-0.3, -0.25) is 0 Å². The maximum atomic E-state index is 11.3. The summed E-state index contributed by atoms with van der Waals surface area (Å²) >= 11 is 0. The number of fused-ring (bicyclic) bond motifs is 1. The van der Waals surface area contributed by atoms with Crippen LogP contribution in [-0.2, 0) is 23.7 Å². The minimum Gasteiger partial charge on any atom is -0.394 e. The summed E-state index contributed by atoms with van der Waals surface area (Å²) in [6.07, 6.45) is -13.3. The van der Waals surface area contributed by atoms with Crippen molar-refractivity contribution in [3.8, 4) is 0 Å². The van der Waals surface area contributed by atoms with Crippen molar-refractivity contribution in [2.45, 2.75) is 123 Å². The molecule has 9 unspecified atom stereocenters. The highest BCUT2D eigenvalue weighted by Crippen LogP contribution is 2.35. The van der Waals surface area contributed by atoms with E-state index in [1.165, 1.54) is 0 Å². The molecule has 0 bridgehead atoms. The Labute approximate surface area is 237 Å². The van der Waals surface area contributed by atoms with Gasteiger partial charge in [0, 0.05) is 31.2 Å². The average molecular weight is 595 g/mol. The minimum atomic E-state index is -1.48. The van der Waals surface area contributed by atoms with Crippen LogP contribution in [0.4, 0.5) is 0 Å². The Kier molecular flexibility index (Phi) is 10.2. The molecule has 41 heavy (non-hydrogen) atoms. The summed E-state index contributed by atoms with van der Waals surface area (Å²) < 4.78 is 29.9. The van der Waals surface area contributed by atoms with Crippen molar-refractivity contribution in [1.29, 1.82) is 0 Å². The molecule has 0 aromatic rings. The fourth-order valence-corrected chi connectivity index (χ4v) is 6.31. The second-order valence-corrected chi connectivity index (χ2v) is 11.8. The zero-order valence-electron chi connectivity index (χ0n) is 22.9. The van der Waals surface area contributed by atoms with Crippen LogP contribution in [0.25, 0.3) is 0 Å². The lowest BCUT2D eigenvalue weighted by atomic mass is 9.84. The van der Waals surface area contributed by atoms with Crippen molar-refractivity contribution in [2.75, 3.05) is 26.7 Å². The third-order valence-corrected chi connectivity index (χ3v) is 8.90. The molecule has 17 heteroatoms. The molecule has 0 radical (unpaired) electrons. The number of hydrogen-bond acceptors (Lipinski definition) is 17. The molecule has 5 rings (SSSR count). The third kappa shape index (κ3) is 6.29. The van der Waals surface area contributed by atoms with Gasteiger partial charge in [0.15, 0.2) is 18.9 Å². The van der Waals surface area contributed by atoms with Gasteiger partial charge in [-0.1, -0.05) is 0 Å². The summed E-state index contributed by atoms with van der Waals surface area (Å²) in [6.45, 7) is 0.956. The quantitative estimate of drug-likeness (QED) is 0.124. The Balaban J connectivity index is 1.23. The maximum Gasteiger partial charge on any atom is 0.189 e. The van der Waals surface area contributed by atoms with Gasteiger partial charge < -0.3 is 87.5 Å². The molecule has 4 aliphatic heterocycles. The van der Waals surface area contributed by atoms with Crippen LogP contribution in [0.3, 0.4) is 0 Å². The van der Waals surface area contributed by atoms with Crippen molar-refractivity contribution < 1.29 is 54.3 Å². The SMILES string of the molecule is CNC1C(O[C@H]2OC(CO)[C@@H](NC3CNC3)[C@H](O)C2O)O[C@H]2CC(N)[C@@H](O[C@@H]3C(N)C[C@@H](N)C(O)[C@H]3O)OC2C1O. The van der Waals surface area contributed by atoms with Crippen LogP contribution < -0.4 is 33.2 Å². The summed E-state index contributed by atoms with van der Waals surface area (Å²) in [5.74, 6) is 0. The summed E-state index contributed by atoms with van der Waals surface area (Å²) in [5.41, 5.74) is 18.3. The lowest BCUT2D eigenvalue weighted by Crippen LogP contribution is -2.71. The number of aliphatic hydroxyl groups excluding tert-OH is 6. The molecule has 5 fully saturated rings. The summed E-state index contributed by atoms with van der Waals surface area (Å²) in [4.78, 5) is 0. The van der Waals surface area contributed by atoms with Gasteiger partial charge in [-0.05, 0) is 19.9 Å². The molecule has 0 spiro atoms. The van der Waals surface area contributed by atoms with Crippen LogP contribution in [0, 0.1) is 0 Å². The minimum absolute atomic E-state index is 0.0717. The lowest BCUT2D eigenvalue weighted by Gasteiger charge is -2.51. The normalized spacial score (nSPS) is 53.0. The van der Waals surface area contributed by atoms with Gasteiger partial charge in [0.25, 0.3) is 0 Å². The standard InChI is InChI=1S/C24H46N6O11/c1-28-14-17(34)21-11(3-10(27)22(40-21)39-20-9(26)2-8(25)15(32)18(20)35)37-23(14)41-24-19(36)16(33)13(12(6-31)38-24)30-7-4-29-5-7/h7-24,28-36H,2-6,25-27H2,1H3/t8-,9?,10?,11+,12?,13-,14?,15?,16+,17?,18-,19?,20-,21?,22+,23?,24-/m1/s1. The monoisotopic (exact) mass is 594 g/mol. The number of rotatable bonds is 8.